The minimum absolute atomic E-state index is 0.293. The number of aromatic nitrogens is 4. The molecule has 4 aromatic heterocycles. The predicted octanol–water partition coefficient (Wildman–Crippen LogP) is 6.32. The van der Waals surface area contributed by atoms with E-state index in [1.807, 2.05) is 24.3 Å². The molecule has 5 heterocycles. The average molecular weight is 652 g/mol. The molecule has 7 rings (SSSR count). The number of fused-ring (bicyclic) bond motifs is 6. The maximum Gasteiger partial charge on any atom is 0.344 e. The molecule has 0 amide bonds. The van der Waals surface area contributed by atoms with Crippen LogP contribution in [0.4, 0.5) is 0 Å². The van der Waals surface area contributed by atoms with E-state index in [1.165, 1.54) is 10.8 Å². The van der Waals surface area contributed by atoms with Crippen LogP contribution in [0.3, 0.4) is 0 Å². The van der Waals surface area contributed by atoms with Gasteiger partial charge in [-0.05, 0) is 73.8 Å². The smallest absolute Gasteiger partial charge is 0.344 e. The lowest BCUT2D eigenvalue weighted by atomic mass is 9.84. The summed E-state index contributed by atoms with van der Waals surface area (Å²) in [5.74, 6) is 1.77. The fourth-order valence-corrected chi connectivity index (χ4v) is 5.83. The molecule has 0 fully saturated rings. The van der Waals surface area contributed by atoms with Crippen molar-refractivity contribution >= 4 is 48.5 Å². The molecule has 2 aromatic carbocycles. The van der Waals surface area contributed by atoms with E-state index in [0.29, 0.717) is 77.2 Å². The van der Waals surface area contributed by atoms with Crippen LogP contribution in [-0.2, 0) is 0 Å². The maximum atomic E-state index is 13.6. The highest BCUT2D eigenvalue weighted by Crippen LogP contribution is 2.50. The second-order valence-corrected chi connectivity index (χ2v) is 10.3. The molecule has 39 heavy (non-hydrogen) atoms. The van der Waals surface area contributed by atoms with Gasteiger partial charge in [-0.1, -0.05) is 12.1 Å². The number of para-hydroxylation sites is 1. The Hall–Kier alpha value is -4.16. The van der Waals surface area contributed by atoms with Crippen LogP contribution in [-0.4, -0.2) is 33.8 Å². The van der Waals surface area contributed by atoms with E-state index in [0.717, 1.165) is 0 Å². The third-order valence-electron chi connectivity index (χ3n) is 6.54. The first kappa shape index (κ1) is 23.9. The number of halogens is 2. The zero-order chi connectivity index (χ0) is 26.8. The normalized spacial score (nSPS) is 14.2. The Kier molecular flexibility index (Phi) is 5.49. The number of ether oxygens (including phenoxy) is 3. The number of nitrogens with zero attached hydrogens (tertiary/aromatic N) is 4. The van der Waals surface area contributed by atoms with Gasteiger partial charge in [0.2, 0.25) is 11.7 Å². The summed E-state index contributed by atoms with van der Waals surface area (Å²) in [5, 5.41) is 5.20. The average Bonchev–Trinajstić information content (AvgIpc) is 3.57. The maximum absolute atomic E-state index is 13.6. The Labute approximate surface area is 236 Å². The zero-order valence-electron chi connectivity index (χ0n) is 20.3. The largest absolute Gasteiger partial charge is 0.493 e. The fourth-order valence-electron chi connectivity index (χ4n) is 4.91. The van der Waals surface area contributed by atoms with Gasteiger partial charge in [0.1, 0.15) is 11.9 Å². The lowest BCUT2D eigenvalue weighted by Gasteiger charge is -2.28. The first-order valence-electron chi connectivity index (χ1n) is 11.6. The van der Waals surface area contributed by atoms with Crippen LogP contribution in [0, 0.1) is 0 Å². The molecule has 1 aliphatic heterocycles. The number of methoxy groups -OCH3 is 2. The predicted molar refractivity (Wildman–Crippen MR) is 147 cm³/mol. The third kappa shape index (κ3) is 3.66. The summed E-state index contributed by atoms with van der Waals surface area (Å²) in [7, 11) is 3.11. The Balaban J connectivity index is 1.57. The molecule has 0 radical (unpaired) electrons. The van der Waals surface area contributed by atoms with E-state index in [-0.39, 0.29) is 0 Å². The molecule has 1 atom stereocenters. The molecule has 1 aliphatic rings. The van der Waals surface area contributed by atoms with E-state index >= 15 is 0 Å². The minimum Gasteiger partial charge on any atom is -0.493 e. The number of benzene rings is 2. The summed E-state index contributed by atoms with van der Waals surface area (Å²) in [6.07, 6.45) is 1.52. The Morgan fingerprint density at radius 2 is 1.85 bits per heavy atom. The summed E-state index contributed by atoms with van der Waals surface area (Å²) in [6.45, 7) is 0. The molecule has 0 aliphatic carbocycles. The lowest BCUT2D eigenvalue weighted by Crippen LogP contribution is -2.22. The molecule has 0 saturated heterocycles. The van der Waals surface area contributed by atoms with Gasteiger partial charge in [0.15, 0.2) is 33.3 Å². The Morgan fingerprint density at radius 3 is 2.62 bits per heavy atom. The van der Waals surface area contributed by atoms with Crippen molar-refractivity contribution in [3.63, 3.8) is 0 Å². The van der Waals surface area contributed by atoms with Crippen LogP contribution >= 0.6 is 31.9 Å². The molecular weight excluding hydrogens is 636 g/mol. The highest BCUT2D eigenvalue weighted by atomic mass is 79.9. The van der Waals surface area contributed by atoms with Gasteiger partial charge in [0.05, 0.1) is 41.1 Å². The second-order valence-electron chi connectivity index (χ2n) is 8.67. The van der Waals surface area contributed by atoms with Crippen molar-refractivity contribution in [3.8, 4) is 34.7 Å². The molecule has 0 spiro atoms. The van der Waals surface area contributed by atoms with Crippen LogP contribution in [0.1, 0.15) is 22.6 Å². The molecular formula is C27H16Br2N4O6. The van der Waals surface area contributed by atoms with Crippen LogP contribution < -0.4 is 19.8 Å². The standard InChI is InChI=1S/C27H16Br2N4O6/c1-35-17-10-12(9-14(28)23(17)36-2)19-20-22(13-5-3-4-6-15(13)38-27(20)34)39-26-21(19)25-31-24(32-33(25)11-30-26)16-7-8-18(29)37-16/h3-11,19H,1-2H3. The summed E-state index contributed by atoms with van der Waals surface area (Å²) < 4.78 is 31.6. The molecule has 1 unspecified atom stereocenters. The number of furan rings is 1. The summed E-state index contributed by atoms with van der Waals surface area (Å²) in [6, 6.07) is 14.4. The van der Waals surface area contributed by atoms with E-state index in [2.05, 4.69) is 41.9 Å². The van der Waals surface area contributed by atoms with E-state index in [9.17, 15) is 4.79 Å². The van der Waals surface area contributed by atoms with Crippen LogP contribution in [0.2, 0.25) is 0 Å². The molecule has 10 nitrogen and oxygen atoms in total. The van der Waals surface area contributed by atoms with Crippen molar-refractivity contribution in [2.75, 3.05) is 14.2 Å². The Morgan fingerprint density at radius 1 is 1.00 bits per heavy atom. The first-order chi connectivity index (χ1) is 19.0. The van der Waals surface area contributed by atoms with Gasteiger partial charge < -0.3 is 23.0 Å². The molecule has 0 N–H and O–H groups in total. The van der Waals surface area contributed by atoms with Crippen molar-refractivity contribution in [3.05, 3.63) is 91.1 Å². The van der Waals surface area contributed by atoms with Gasteiger partial charge in [-0.3, -0.25) is 0 Å². The van der Waals surface area contributed by atoms with Gasteiger partial charge in [0.25, 0.3) is 0 Å². The second kappa shape index (κ2) is 8.95. The Bertz CT molecular complexity index is 2000. The van der Waals surface area contributed by atoms with Crippen molar-refractivity contribution in [2.24, 2.45) is 0 Å². The first-order valence-corrected chi connectivity index (χ1v) is 13.2. The number of hydrogen-bond acceptors (Lipinski definition) is 9. The van der Waals surface area contributed by atoms with Crippen molar-refractivity contribution in [1.29, 1.82) is 0 Å². The quantitative estimate of drug-likeness (QED) is 0.202. The molecule has 12 heteroatoms. The molecule has 6 aromatic rings. The molecule has 0 saturated carbocycles. The van der Waals surface area contributed by atoms with Crippen LogP contribution in [0.15, 0.2) is 77.6 Å². The van der Waals surface area contributed by atoms with Crippen LogP contribution in [0.25, 0.3) is 28.2 Å². The highest BCUT2D eigenvalue weighted by molar-refractivity contribution is 9.10. The summed E-state index contributed by atoms with van der Waals surface area (Å²) in [4.78, 5) is 22.9. The lowest BCUT2D eigenvalue weighted by molar-refractivity contribution is 0.352. The monoisotopic (exact) mass is 650 g/mol. The highest BCUT2D eigenvalue weighted by Gasteiger charge is 2.38. The van der Waals surface area contributed by atoms with E-state index < -0.39 is 11.5 Å². The summed E-state index contributed by atoms with van der Waals surface area (Å²) >= 11 is 6.91. The van der Waals surface area contributed by atoms with Crippen molar-refractivity contribution in [2.45, 2.75) is 5.92 Å². The third-order valence-corrected chi connectivity index (χ3v) is 7.56. The number of hydrogen-bond donors (Lipinski definition) is 0. The molecule has 0 bridgehead atoms. The number of rotatable bonds is 4. The zero-order valence-corrected chi connectivity index (χ0v) is 23.4. The SMILES string of the molecule is COc1cc(C2c3c(c4ccccc4oc3=O)Oc3ncn4nc(-c5ccc(Br)o5)nc4c32)cc(Br)c1OC. The fraction of sp³-hybridized carbons (Fsp3) is 0.111. The van der Waals surface area contributed by atoms with Gasteiger partial charge in [-0.25, -0.2) is 19.3 Å². The molecule has 194 valence electrons. The topological polar surface area (TPSA) is 114 Å². The van der Waals surface area contributed by atoms with Gasteiger partial charge >= 0.3 is 5.63 Å². The van der Waals surface area contributed by atoms with Gasteiger partial charge in [-0.2, -0.15) is 0 Å². The van der Waals surface area contributed by atoms with Crippen molar-refractivity contribution in [1.82, 2.24) is 19.6 Å². The summed E-state index contributed by atoms with van der Waals surface area (Å²) in [5.41, 5.74) is 1.86. The minimum atomic E-state index is -0.697. The van der Waals surface area contributed by atoms with Gasteiger partial charge in [0, 0.05) is 0 Å². The van der Waals surface area contributed by atoms with Crippen molar-refractivity contribution < 1.29 is 23.0 Å². The van der Waals surface area contributed by atoms with Crippen LogP contribution in [0.5, 0.6) is 23.1 Å². The van der Waals surface area contributed by atoms with E-state index in [4.69, 9.17) is 28.0 Å². The van der Waals surface area contributed by atoms with E-state index in [1.54, 1.807) is 38.5 Å². The van der Waals surface area contributed by atoms with Gasteiger partial charge in [-0.15, -0.1) is 5.10 Å².